The number of para-hydroxylation sites is 1. The van der Waals surface area contributed by atoms with Gasteiger partial charge in [-0.25, -0.2) is 4.79 Å². The lowest BCUT2D eigenvalue weighted by Crippen LogP contribution is -2.30. The molecule has 0 spiro atoms. The van der Waals surface area contributed by atoms with Gasteiger partial charge < -0.3 is 10.1 Å². The number of carbonyl (C=O) groups is 1. The first-order valence-electron chi connectivity index (χ1n) is 5.85. The lowest BCUT2D eigenvalue weighted by Gasteiger charge is -2.10. The van der Waals surface area contributed by atoms with E-state index in [1.165, 1.54) is 25.7 Å². The van der Waals surface area contributed by atoms with Crippen LogP contribution in [0.15, 0.2) is 30.3 Å². The van der Waals surface area contributed by atoms with Gasteiger partial charge >= 0.3 is 6.09 Å². The number of benzene rings is 1. The first-order valence-corrected chi connectivity index (χ1v) is 5.85. The fourth-order valence-electron chi connectivity index (χ4n) is 2.07. The molecule has 0 aromatic heterocycles. The normalized spacial score (nSPS) is 16.0. The molecule has 1 fully saturated rings. The third-order valence-electron chi connectivity index (χ3n) is 2.96. The summed E-state index contributed by atoms with van der Waals surface area (Å²) in [6.45, 7) is 0.742. The predicted molar refractivity (Wildman–Crippen MR) is 62.4 cm³/mol. The zero-order valence-corrected chi connectivity index (χ0v) is 9.32. The molecule has 1 aromatic rings. The highest BCUT2D eigenvalue weighted by Crippen LogP contribution is 2.23. The Morgan fingerprint density at radius 3 is 2.62 bits per heavy atom. The van der Waals surface area contributed by atoms with Gasteiger partial charge in [0.05, 0.1) is 0 Å². The van der Waals surface area contributed by atoms with Crippen LogP contribution in [0.3, 0.4) is 0 Å². The molecule has 0 saturated heterocycles. The van der Waals surface area contributed by atoms with E-state index in [0.29, 0.717) is 11.7 Å². The van der Waals surface area contributed by atoms with Crippen LogP contribution in [0.25, 0.3) is 0 Å². The topological polar surface area (TPSA) is 38.3 Å². The highest BCUT2D eigenvalue weighted by molar-refractivity contribution is 5.70. The van der Waals surface area contributed by atoms with E-state index < -0.39 is 0 Å². The van der Waals surface area contributed by atoms with Crippen molar-refractivity contribution in [3.63, 3.8) is 0 Å². The van der Waals surface area contributed by atoms with Gasteiger partial charge in [-0.05, 0) is 30.9 Å². The maximum Gasteiger partial charge on any atom is 0.412 e. The van der Waals surface area contributed by atoms with Crippen molar-refractivity contribution in [2.45, 2.75) is 25.7 Å². The number of hydrogen-bond donors (Lipinski definition) is 1. The molecule has 1 aromatic carbocycles. The molecule has 1 aliphatic carbocycles. The molecular formula is C13H17NO2. The van der Waals surface area contributed by atoms with E-state index in [0.717, 1.165) is 6.54 Å². The number of amides is 1. The molecule has 3 nitrogen and oxygen atoms in total. The summed E-state index contributed by atoms with van der Waals surface area (Å²) in [4.78, 5) is 11.4. The highest BCUT2D eigenvalue weighted by atomic mass is 16.5. The Kier molecular flexibility index (Phi) is 3.81. The van der Waals surface area contributed by atoms with Crippen molar-refractivity contribution in [2.24, 2.45) is 5.92 Å². The molecular weight excluding hydrogens is 202 g/mol. The van der Waals surface area contributed by atoms with Crippen molar-refractivity contribution >= 4 is 6.09 Å². The van der Waals surface area contributed by atoms with Gasteiger partial charge in [0.25, 0.3) is 0 Å². The average molecular weight is 219 g/mol. The van der Waals surface area contributed by atoms with Crippen LogP contribution in [0.2, 0.25) is 0 Å². The number of nitrogens with one attached hydrogen (secondary N) is 1. The van der Waals surface area contributed by atoms with Gasteiger partial charge in [-0.2, -0.15) is 0 Å². The van der Waals surface area contributed by atoms with Crippen LogP contribution in [0.1, 0.15) is 25.7 Å². The van der Waals surface area contributed by atoms with Crippen LogP contribution >= 0.6 is 0 Å². The van der Waals surface area contributed by atoms with E-state index in [4.69, 9.17) is 4.74 Å². The van der Waals surface area contributed by atoms with Crippen LogP contribution in [0.4, 0.5) is 4.79 Å². The Morgan fingerprint density at radius 2 is 1.94 bits per heavy atom. The Bertz CT molecular complexity index is 331. The van der Waals surface area contributed by atoms with E-state index in [9.17, 15) is 4.79 Å². The van der Waals surface area contributed by atoms with Gasteiger partial charge in [0.2, 0.25) is 0 Å². The fraction of sp³-hybridized carbons (Fsp3) is 0.462. The summed E-state index contributed by atoms with van der Waals surface area (Å²) in [7, 11) is 0. The fourth-order valence-corrected chi connectivity index (χ4v) is 2.07. The first kappa shape index (κ1) is 11.0. The number of ether oxygens (including phenoxy) is 1. The van der Waals surface area contributed by atoms with Gasteiger partial charge in [-0.15, -0.1) is 0 Å². The van der Waals surface area contributed by atoms with Gasteiger partial charge in [0.15, 0.2) is 0 Å². The minimum Gasteiger partial charge on any atom is -0.410 e. The van der Waals surface area contributed by atoms with E-state index in [1.807, 2.05) is 18.2 Å². The molecule has 1 N–H and O–H groups in total. The largest absolute Gasteiger partial charge is 0.412 e. The summed E-state index contributed by atoms with van der Waals surface area (Å²) in [6, 6.07) is 9.13. The Labute approximate surface area is 95.8 Å². The van der Waals surface area contributed by atoms with Crippen molar-refractivity contribution in [1.29, 1.82) is 0 Å². The summed E-state index contributed by atoms with van der Waals surface area (Å²) in [6.07, 6.45) is 4.69. The smallest absolute Gasteiger partial charge is 0.410 e. The highest BCUT2D eigenvalue weighted by Gasteiger charge is 2.15. The predicted octanol–water partition coefficient (Wildman–Crippen LogP) is 2.97. The van der Waals surface area contributed by atoms with Crippen LogP contribution in [0, 0.1) is 5.92 Å². The summed E-state index contributed by atoms with van der Waals surface area (Å²) in [5.41, 5.74) is 0. The van der Waals surface area contributed by atoms with Crippen LogP contribution in [-0.2, 0) is 0 Å². The molecule has 16 heavy (non-hydrogen) atoms. The lowest BCUT2D eigenvalue weighted by atomic mass is 10.1. The molecule has 0 radical (unpaired) electrons. The minimum absolute atomic E-state index is 0.349. The second-order valence-corrected chi connectivity index (χ2v) is 4.23. The molecule has 0 unspecified atom stereocenters. The molecule has 1 aliphatic rings. The zero-order chi connectivity index (χ0) is 11.2. The summed E-state index contributed by atoms with van der Waals surface area (Å²) in [5.74, 6) is 1.23. The van der Waals surface area contributed by atoms with Crippen molar-refractivity contribution in [1.82, 2.24) is 5.32 Å². The molecule has 1 amide bonds. The van der Waals surface area contributed by atoms with Crippen LogP contribution in [0.5, 0.6) is 5.75 Å². The molecule has 86 valence electrons. The summed E-state index contributed by atoms with van der Waals surface area (Å²) >= 11 is 0. The standard InChI is InChI=1S/C13H17NO2/c15-13(14-10-11-6-4-5-7-11)16-12-8-2-1-3-9-12/h1-3,8-9,11H,4-7,10H2,(H,14,15). The van der Waals surface area contributed by atoms with Gasteiger partial charge in [-0.1, -0.05) is 31.0 Å². The third kappa shape index (κ3) is 3.26. The Hall–Kier alpha value is -1.51. The molecule has 2 rings (SSSR count). The maximum atomic E-state index is 11.4. The van der Waals surface area contributed by atoms with Crippen molar-refractivity contribution in [3.05, 3.63) is 30.3 Å². The Balaban J connectivity index is 1.72. The monoisotopic (exact) mass is 219 g/mol. The third-order valence-corrected chi connectivity index (χ3v) is 2.96. The molecule has 3 heteroatoms. The van der Waals surface area contributed by atoms with Crippen molar-refractivity contribution in [2.75, 3.05) is 6.54 Å². The molecule has 0 atom stereocenters. The van der Waals surface area contributed by atoms with E-state index in [-0.39, 0.29) is 6.09 Å². The summed E-state index contributed by atoms with van der Waals surface area (Å²) < 4.78 is 5.12. The number of rotatable bonds is 3. The second kappa shape index (κ2) is 5.54. The molecule has 0 heterocycles. The number of hydrogen-bond acceptors (Lipinski definition) is 2. The zero-order valence-electron chi connectivity index (χ0n) is 9.32. The van der Waals surface area contributed by atoms with Crippen LogP contribution < -0.4 is 10.1 Å². The van der Waals surface area contributed by atoms with Gasteiger partial charge in [0, 0.05) is 6.54 Å². The maximum absolute atomic E-state index is 11.4. The van der Waals surface area contributed by atoms with Gasteiger partial charge in [0.1, 0.15) is 5.75 Å². The number of carbonyl (C=O) groups excluding carboxylic acids is 1. The molecule has 0 aliphatic heterocycles. The van der Waals surface area contributed by atoms with E-state index in [1.54, 1.807) is 12.1 Å². The molecule has 0 bridgehead atoms. The van der Waals surface area contributed by atoms with Crippen LogP contribution in [-0.4, -0.2) is 12.6 Å². The minimum atomic E-state index is -0.349. The summed E-state index contributed by atoms with van der Waals surface area (Å²) in [5, 5.41) is 2.81. The van der Waals surface area contributed by atoms with Crippen molar-refractivity contribution in [3.8, 4) is 5.75 Å². The van der Waals surface area contributed by atoms with Crippen molar-refractivity contribution < 1.29 is 9.53 Å². The lowest BCUT2D eigenvalue weighted by molar-refractivity contribution is 0.198. The second-order valence-electron chi connectivity index (χ2n) is 4.23. The SMILES string of the molecule is O=C(NCC1CCCC1)Oc1ccccc1. The van der Waals surface area contributed by atoms with E-state index >= 15 is 0 Å². The van der Waals surface area contributed by atoms with E-state index in [2.05, 4.69) is 5.32 Å². The average Bonchev–Trinajstić information content (AvgIpc) is 2.81. The Morgan fingerprint density at radius 1 is 1.25 bits per heavy atom. The first-order chi connectivity index (χ1) is 7.84. The quantitative estimate of drug-likeness (QED) is 0.848. The van der Waals surface area contributed by atoms with Gasteiger partial charge in [-0.3, -0.25) is 0 Å². The molecule has 1 saturated carbocycles.